The van der Waals surface area contributed by atoms with Crippen molar-refractivity contribution in [3.63, 3.8) is 0 Å². The number of halogens is 4. The first kappa shape index (κ1) is 23.1. The first-order valence-corrected chi connectivity index (χ1v) is 10.6. The third kappa shape index (κ3) is 6.01. The lowest BCUT2D eigenvalue weighted by molar-refractivity contribution is -0.137. The van der Waals surface area contributed by atoms with Crippen LogP contribution in [0.4, 0.5) is 18.9 Å². The molecule has 164 valence electrons. The van der Waals surface area contributed by atoms with E-state index in [0.29, 0.717) is 11.0 Å². The van der Waals surface area contributed by atoms with E-state index in [2.05, 4.69) is 41.3 Å². The third-order valence-corrected chi connectivity index (χ3v) is 5.57. The summed E-state index contributed by atoms with van der Waals surface area (Å²) in [6.07, 6.45) is -4.53. The lowest BCUT2D eigenvalue weighted by Crippen LogP contribution is -2.15. The average molecular weight is 469 g/mol. The maximum Gasteiger partial charge on any atom is 0.416 e. The molecule has 0 saturated carbocycles. The van der Waals surface area contributed by atoms with E-state index in [1.54, 1.807) is 0 Å². The average Bonchev–Trinajstić information content (AvgIpc) is 3.16. The van der Waals surface area contributed by atoms with Crippen molar-refractivity contribution in [2.24, 2.45) is 0 Å². The Bertz CT molecular complexity index is 1080. The van der Waals surface area contributed by atoms with Gasteiger partial charge in [-0.25, -0.2) is 4.98 Å². The first-order chi connectivity index (χ1) is 14.4. The Morgan fingerprint density at radius 1 is 1.10 bits per heavy atom. The van der Waals surface area contributed by atoms with Gasteiger partial charge in [0.05, 0.1) is 22.0 Å². The monoisotopic (exact) mass is 468 g/mol. The number of hydrogen-bond acceptors (Lipinski definition) is 4. The van der Waals surface area contributed by atoms with Gasteiger partial charge in [0.1, 0.15) is 0 Å². The molecule has 31 heavy (non-hydrogen) atoms. The summed E-state index contributed by atoms with van der Waals surface area (Å²) in [5.41, 5.74) is 1.09. The number of H-pyrrole nitrogens is 1. The Morgan fingerprint density at radius 3 is 2.35 bits per heavy atom. The van der Waals surface area contributed by atoms with E-state index in [4.69, 9.17) is 11.6 Å². The third-order valence-electron chi connectivity index (χ3n) is 4.39. The number of aromatic amines is 1. The van der Waals surface area contributed by atoms with E-state index in [1.807, 2.05) is 24.3 Å². The van der Waals surface area contributed by atoms with Gasteiger partial charge >= 0.3 is 6.18 Å². The molecule has 0 bridgehead atoms. The summed E-state index contributed by atoms with van der Waals surface area (Å²) in [4.78, 5) is 16.5. The Balaban J connectivity index is 1.61. The first-order valence-electron chi connectivity index (χ1n) is 9.26. The number of thioether (sulfide) groups is 1. The summed E-state index contributed by atoms with van der Waals surface area (Å²) in [5.74, 6) is -0.0521. The lowest BCUT2D eigenvalue weighted by Gasteiger charge is -2.18. The van der Waals surface area contributed by atoms with Crippen LogP contribution in [0.2, 0.25) is 5.02 Å². The number of rotatable bonds is 5. The molecule has 2 N–H and O–H groups in total. The molecule has 2 aromatic carbocycles. The largest absolute Gasteiger partial charge is 0.416 e. The highest BCUT2D eigenvalue weighted by Gasteiger charge is 2.31. The van der Waals surface area contributed by atoms with Crippen LogP contribution in [0, 0.1) is 0 Å². The van der Waals surface area contributed by atoms with Crippen molar-refractivity contribution in [1.29, 1.82) is 0 Å². The van der Waals surface area contributed by atoms with Crippen LogP contribution in [0.5, 0.6) is 0 Å². The Morgan fingerprint density at radius 2 is 1.74 bits per heavy atom. The molecule has 0 fully saturated rings. The molecule has 0 aliphatic heterocycles. The number of carbonyl (C=O) groups is 1. The van der Waals surface area contributed by atoms with Crippen LogP contribution in [-0.4, -0.2) is 26.8 Å². The normalized spacial score (nSPS) is 12.1. The molecular formula is C21H20ClF3N4OS. The number of benzene rings is 2. The second-order valence-electron chi connectivity index (χ2n) is 7.82. The zero-order chi connectivity index (χ0) is 22.8. The van der Waals surface area contributed by atoms with Crippen LogP contribution in [-0.2, 0) is 16.4 Å². The maximum atomic E-state index is 12.8. The summed E-state index contributed by atoms with van der Waals surface area (Å²) in [5, 5.41) is 9.67. The predicted octanol–water partition coefficient (Wildman–Crippen LogP) is 6.17. The van der Waals surface area contributed by atoms with Crippen LogP contribution in [0.15, 0.2) is 47.6 Å². The number of carbonyl (C=O) groups excluding carboxylic acids is 1. The highest BCUT2D eigenvalue weighted by Crippen LogP contribution is 2.34. The van der Waals surface area contributed by atoms with E-state index in [0.717, 1.165) is 35.5 Å². The molecule has 0 saturated heterocycles. The molecule has 0 aliphatic carbocycles. The number of amides is 1. The summed E-state index contributed by atoms with van der Waals surface area (Å²) in [6, 6.07) is 10.7. The number of anilines is 1. The fourth-order valence-electron chi connectivity index (χ4n) is 2.68. The topological polar surface area (TPSA) is 70.7 Å². The maximum absolute atomic E-state index is 12.8. The zero-order valence-corrected chi connectivity index (χ0v) is 18.5. The van der Waals surface area contributed by atoms with Crippen LogP contribution in [0.25, 0.3) is 11.4 Å². The standard InChI is InChI=1S/C21H20ClF3N4OS/c1-20(2,3)13-6-4-12(5-7-13)18-27-19(29-28-18)31-11-17(30)26-16-10-14(21(23,24)25)8-9-15(16)22/h4-10H,11H2,1-3H3,(H,26,30)(H,27,28,29). The molecule has 1 aromatic heterocycles. The van der Waals surface area contributed by atoms with E-state index in [1.165, 1.54) is 5.56 Å². The fraction of sp³-hybridized carbons (Fsp3) is 0.286. The molecule has 0 radical (unpaired) electrons. The van der Waals surface area contributed by atoms with Gasteiger partial charge in [-0.1, -0.05) is 68.4 Å². The minimum Gasteiger partial charge on any atom is -0.324 e. The van der Waals surface area contributed by atoms with Crippen molar-refractivity contribution in [1.82, 2.24) is 15.2 Å². The molecule has 3 rings (SSSR count). The summed E-state index contributed by atoms with van der Waals surface area (Å²) in [6.45, 7) is 6.38. The number of hydrogen-bond donors (Lipinski definition) is 2. The highest BCUT2D eigenvalue weighted by molar-refractivity contribution is 7.99. The molecule has 0 aliphatic rings. The zero-order valence-electron chi connectivity index (χ0n) is 17.0. The van der Waals surface area contributed by atoms with Gasteiger partial charge in [-0.2, -0.15) is 13.2 Å². The summed E-state index contributed by atoms with van der Waals surface area (Å²) < 4.78 is 38.5. The van der Waals surface area contributed by atoms with Crippen LogP contribution < -0.4 is 5.32 Å². The highest BCUT2D eigenvalue weighted by atomic mass is 35.5. The van der Waals surface area contributed by atoms with Gasteiger partial charge in [0.2, 0.25) is 11.1 Å². The molecule has 10 heteroatoms. The van der Waals surface area contributed by atoms with Gasteiger partial charge in [-0.3, -0.25) is 9.89 Å². The molecule has 1 amide bonds. The minimum atomic E-state index is -4.53. The SMILES string of the molecule is CC(C)(C)c1ccc(-c2nc(SCC(=O)Nc3cc(C(F)(F)F)ccc3Cl)n[nH]2)cc1. The number of nitrogens with zero attached hydrogens (tertiary/aromatic N) is 2. The predicted molar refractivity (Wildman–Crippen MR) is 116 cm³/mol. The quantitative estimate of drug-likeness (QED) is 0.439. The minimum absolute atomic E-state index is 0.0187. The second kappa shape index (κ2) is 8.92. The van der Waals surface area contributed by atoms with Crippen molar-refractivity contribution in [3.8, 4) is 11.4 Å². The van der Waals surface area contributed by atoms with Crippen LogP contribution in [0.1, 0.15) is 31.9 Å². The van der Waals surface area contributed by atoms with E-state index in [9.17, 15) is 18.0 Å². The van der Waals surface area contributed by atoms with E-state index >= 15 is 0 Å². The molecule has 1 heterocycles. The molecule has 3 aromatic rings. The van der Waals surface area contributed by atoms with Crippen LogP contribution in [0.3, 0.4) is 0 Å². The Kier molecular flexibility index (Phi) is 6.66. The lowest BCUT2D eigenvalue weighted by atomic mass is 9.87. The number of alkyl halides is 3. The smallest absolute Gasteiger partial charge is 0.324 e. The van der Waals surface area contributed by atoms with Gasteiger partial charge in [-0.05, 0) is 29.2 Å². The van der Waals surface area contributed by atoms with Gasteiger partial charge in [0.15, 0.2) is 5.82 Å². The second-order valence-corrected chi connectivity index (χ2v) is 9.17. The summed E-state index contributed by atoms with van der Waals surface area (Å²) in [7, 11) is 0. The number of aromatic nitrogens is 3. The molecule has 0 unspecified atom stereocenters. The van der Waals surface area contributed by atoms with Crippen LogP contribution >= 0.6 is 23.4 Å². The van der Waals surface area contributed by atoms with Crippen molar-refractivity contribution in [2.75, 3.05) is 11.1 Å². The van der Waals surface area contributed by atoms with Crippen molar-refractivity contribution < 1.29 is 18.0 Å². The van der Waals surface area contributed by atoms with Crippen molar-refractivity contribution in [2.45, 2.75) is 37.5 Å². The Labute approximate surface area is 186 Å². The van der Waals surface area contributed by atoms with E-state index in [-0.39, 0.29) is 21.9 Å². The Hall–Kier alpha value is -2.52. The van der Waals surface area contributed by atoms with Gasteiger partial charge in [-0.15, -0.1) is 5.10 Å². The van der Waals surface area contributed by atoms with Gasteiger partial charge < -0.3 is 5.32 Å². The van der Waals surface area contributed by atoms with Crippen molar-refractivity contribution in [3.05, 3.63) is 58.6 Å². The van der Waals surface area contributed by atoms with Crippen molar-refractivity contribution >= 4 is 35.0 Å². The van der Waals surface area contributed by atoms with E-state index < -0.39 is 17.6 Å². The molecule has 0 spiro atoms. The molecule has 0 atom stereocenters. The molecule has 5 nitrogen and oxygen atoms in total. The van der Waals surface area contributed by atoms with Gasteiger partial charge in [0.25, 0.3) is 0 Å². The van der Waals surface area contributed by atoms with Gasteiger partial charge in [0, 0.05) is 5.56 Å². The molecular weight excluding hydrogens is 449 g/mol. The fourth-order valence-corrected chi connectivity index (χ4v) is 3.45. The summed E-state index contributed by atoms with van der Waals surface area (Å²) >= 11 is 6.95. The number of nitrogens with one attached hydrogen (secondary N) is 2.